The summed E-state index contributed by atoms with van der Waals surface area (Å²) in [6, 6.07) is 7.98. The molecule has 2 aromatic heterocycles. The second-order valence-electron chi connectivity index (χ2n) is 6.88. The lowest BCUT2D eigenvalue weighted by Gasteiger charge is -2.38. The summed E-state index contributed by atoms with van der Waals surface area (Å²) in [7, 11) is 0. The van der Waals surface area contributed by atoms with Crippen molar-refractivity contribution < 1.29 is 9.18 Å². The SMILES string of the molecule is C[C@H](C(=O)NCc1ccc(F)cc1)N1CCN(c2ncnc3ccsc23)CC1. The van der Waals surface area contributed by atoms with Crippen LogP contribution in [-0.2, 0) is 11.3 Å². The molecule has 8 heteroatoms. The third-order valence-electron chi connectivity index (χ3n) is 5.15. The zero-order chi connectivity index (χ0) is 19.5. The molecule has 1 amide bonds. The molecular formula is C20H22FN5OS. The van der Waals surface area contributed by atoms with Crippen LogP contribution in [0.15, 0.2) is 42.0 Å². The van der Waals surface area contributed by atoms with E-state index in [2.05, 4.69) is 25.1 Å². The zero-order valence-corrected chi connectivity index (χ0v) is 16.5. The van der Waals surface area contributed by atoms with E-state index >= 15 is 0 Å². The van der Waals surface area contributed by atoms with Crippen LogP contribution in [0.1, 0.15) is 12.5 Å². The number of hydrogen-bond donors (Lipinski definition) is 1. The molecule has 0 saturated carbocycles. The minimum absolute atomic E-state index is 0.0135. The number of halogens is 1. The summed E-state index contributed by atoms with van der Waals surface area (Å²) < 4.78 is 14.1. The fourth-order valence-electron chi connectivity index (χ4n) is 3.43. The van der Waals surface area contributed by atoms with Gasteiger partial charge < -0.3 is 10.2 Å². The molecular weight excluding hydrogens is 377 g/mol. The van der Waals surface area contributed by atoms with Gasteiger partial charge in [0.15, 0.2) is 0 Å². The first kappa shape index (κ1) is 18.8. The Labute approximate surface area is 167 Å². The van der Waals surface area contributed by atoms with E-state index in [0.29, 0.717) is 6.54 Å². The second-order valence-corrected chi connectivity index (χ2v) is 7.79. The molecule has 3 aromatic rings. The van der Waals surface area contributed by atoms with Gasteiger partial charge in [-0.2, -0.15) is 0 Å². The van der Waals surface area contributed by atoms with Gasteiger partial charge in [-0.1, -0.05) is 12.1 Å². The van der Waals surface area contributed by atoms with Crippen molar-refractivity contribution in [3.05, 3.63) is 53.4 Å². The molecule has 0 aliphatic carbocycles. The van der Waals surface area contributed by atoms with Crippen LogP contribution in [0.25, 0.3) is 10.2 Å². The van der Waals surface area contributed by atoms with Crippen LogP contribution in [-0.4, -0.2) is 53.0 Å². The van der Waals surface area contributed by atoms with Crippen molar-refractivity contribution in [3.63, 3.8) is 0 Å². The minimum Gasteiger partial charge on any atom is -0.353 e. The Morgan fingerprint density at radius 2 is 1.93 bits per heavy atom. The number of carbonyl (C=O) groups is 1. The molecule has 1 fully saturated rings. The van der Waals surface area contributed by atoms with Crippen LogP contribution in [0.2, 0.25) is 0 Å². The number of rotatable bonds is 5. The van der Waals surface area contributed by atoms with Gasteiger partial charge >= 0.3 is 0 Å². The maximum Gasteiger partial charge on any atom is 0.237 e. The summed E-state index contributed by atoms with van der Waals surface area (Å²) in [5.41, 5.74) is 1.86. The third-order valence-corrected chi connectivity index (χ3v) is 6.04. The van der Waals surface area contributed by atoms with Gasteiger partial charge in [0.1, 0.15) is 18.0 Å². The van der Waals surface area contributed by atoms with Crippen molar-refractivity contribution in [2.75, 3.05) is 31.1 Å². The number of carbonyl (C=O) groups excluding carboxylic acids is 1. The topological polar surface area (TPSA) is 61.4 Å². The smallest absolute Gasteiger partial charge is 0.237 e. The normalized spacial score (nSPS) is 16.3. The first-order valence-corrected chi connectivity index (χ1v) is 10.2. The molecule has 0 unspecified atom stereocenters. The van der Waals surface area contributed by atoms with Crippen molar-refractivity contribution in [1.29, 1.82) is 0 Å². The molecule has 28 heavy (non-hydrogen) atoms. The number of thiophene rings is 1. The Kier molecular flexibility index (Phi) is 5.50. The van der Waals surface area contributed by atoms with Gasteiger partial charge in [-0.05, 0) is 36.1 Å². The van der Waals surface area contributed by atoms with Gasteiger partial charge in [-0.25, -0.2) is 14.4 Å². The number of fused-ring (bicyclic) bond motifs is 1. The fourth-order valence-corrected chi connectivity index (χ4v) is 4.29. The molecule has 6 nitrogen and oxygen atoms in total. The molecule has 0 bridgehead atoms. The van der Waals surface area contributed by atoms with Gasteiger partial charge in [0.05, 0.1) is 16.3 Å². The van der Waals surface area contributed by atoms with E-state index in [-0.39, 0.29) is 17.8 Å². The lowest BCUT2D eigenvalue weighted by Crippen LogP contribution is -2.54. The molecule has 0 spiro atoms. The van der Waals surface area contributed by atoms with E-state index < -0.39 is 0 Å². The highest BCUT2D eigenvalue weighted by Crippen LogP contribution is 2.28. The minimum atomic E-state index is -0.273. The molecule has 0 radical (unpaired) electrons. The van der Waals surface area contributed by atoms with Gasteiger partial charge in [-0.3, -0.25) is 9.69 Å². The van der Waals surface area contributed by atoms with Gasteiger partial charge in [0.25, 0.3) is 0 Å². The molecule has 146 valence electrons. The van der Waals surface area contributed by atoms with Crippen LogP contribution in [0.3, 0.4) is 0 Å². The van der Waals surface area contributed by atoms with Gasteiger partial charge in [-0.15, -0.1) is 11.3 Å². The number of amides is 1. The Bertz CT molecular complexity index is 953. The fraction of sp³-hybridized carbons (Fsp3) is 0.350. The average Bonchev–Trinajstić information content (AvgIpc) is 3.22. The zero-order valence-electron chi connectivity index (χ0n) is 15.6. The molecule has 1 saturated heterocycles. The van der Waals surface area contributed by atoms with Crippen molar-refractivity contribution in [3.8, 4) is 0 Å². The highest BCUT2D eigenvalue weighted by Gasteiger charge is 2.26. The third kappa shape index (κ3) is 3.98. The molecule has 1 aromatic carbocycles. The monoisotopic (exact) mass is 399 g/mol. The predicted molar refractivity (Wildman–Crippen MR) is 109 cm³/mol. The quantitative estimate of drug-likeness (QED) is 0.715. The largest absolute Gasteiger partial charge is 0.353 e. The van der Waals surface area contributed by atoms with E-state index in [4.69, 9.17) is 0 Å². The van der Waals surface area contributed by atoms with Crippen molar-refractivity contribution in [1.82, 2.24) is 20.2 Å². The number of anilines is 1. The lowest BCUT2D eigenvalue weighted by molar-refractivity contribution is -0.126. The Morgan fingerprint density at radius 3 is 2.68 bits per heavy atom. The van der Waals surface area contributed by atoms with Crippen LogP contribution in [0.4, 0.5) is 10.2 Å². The van der Waals surface area contributed by atoms with E-state index in [1.807, 2.05) is 18.4 Å². The predicted octanol–water partition coefficient (Wildman–Crippen LogP) is 2.66. The van der Waals surface area contributed by atoms with Crippen LogP contribution in [0, 0.1) is 5.82 Å². The van der Waals surface area contributed by atoms with Gasteiger partial charge in [0, 0.05) is 32.7 Å². The van der Waals surface area contributed by atoms with Crippen LogP contribution >= 0.6 is 11.3 Å². The lowest BCUT2D eigenvalue weighted by atomic mass is 10.2. The Hall–Kier alpha value is -2.58. The maximum absolute atomic E-state index is 13.0. The first-order chi connectivity index (χ1) is 13.6. The van der Waals surface area contributed by atoms with Crippen LogP contribution < -0.4 is 10.2 Å². The molecule has 3 heterocycles. The summed E-state index contributed by atoms with van der Waals surface area (Å²) >= 11 is 1.66. The van der Waals surface area contributed by atoms with Crippen molar-refractivity contribution in [2.24, 2.45) is 0 Å². The van der Waals surface area contributed by atoms with Gasteiger partial charge in [0.2, 0.25) is 5.91 Å². The highest BCUT2D eigenvalue weighted by molar-refractivity contribution is 7.17. The summed E-state index contributed by atoms with van der Waals surface area (Å²) in [5.74, 6) is 0.693. The molecule has 1 aliphatic heterocycles. The number of aromatic nitrogens is 2. The Morgan fingerprint density at radius 1 is 1.18 bits per heavy atom. The number of benzene rings is 1. The van der Waals surface area contributed by atoms with E-state index in [1.54, 1.807) is 29.8 Å². The Balaban J connectivity index is 1.32. The maximum atomic E-state index is 13.0. The van der Waals surface area contributed by atoms with Crippen LogP contribution in [0.5, 0.6) is 0 Å². The summed E-state index contributed by atoms with van der Waals surface area (Å²) in [6.07, 6.45) is 1.61. The van der Waals surface area contributed by atoms with E-state index in [0.717, 1.165) is 47.8 Å². The summed E-state index contributed by atoms with van der Waals surface area (Å²) in [6.45, 7) is 5.56. The first-order valence-electron chi connectivity index (χ1n) is 9.31. The van der Waals surface area contributed by atoms with E-state index in [9.17, 15) is 9.18 Å². The standard InChI is InChI=1S/C20H22FN5OS/c1-14(20(27)22-12-15-2-4-16(21)5-3-15)25-7-9-26(10-8-25)19-18-17(6-11-28-18)23-13-24-19/h2-6,11,13-14H,7-10,12H2,1H3,(H,22,27)/t14-/m1/s1. The molecule has 1 N–H and O–H groups in total. The van der Waals surface area contributed by atoms with Crippen molar-refractivity contribution >= 4 is 33.3 Å². The highest BCUT2D eigenvalue weighted by atomic mass is 32.1. The number of nitrogens with one attached hydrogen (secondary N) is 1. The number of nitrogens with zero attached hydrogens (tertiary/aromatic N) is 4. The van der Waals surface area contributed by atoms with E-state index in [1.165, 1.54) is 12.1 Å². The number of hydrogen-bond acceptors (Lipinski definition) is 6. The second kappa shape index (κ2) is 8.20. The average molecular weight is 399 g/mol. The molecule has 1 aliphatic rings. The molecule has 4 rings (SSSR count). The summed E-state index contributed by atoms with van der Waals surface area (Å²) in [4.78, 5) is 25.7. The molecule has 1 atom stereocenters. The number of piperazine rings is 1. The summed E-state index contributed by atoms with van der Waals surface area (Å²) in [5, 5.41) is 4.98. The van der Waals surface area contributed by atoms with Crippen molar-refractivity contribution in [2.45, 2.75) is 19.5 Å².